The second-order valence-corrected chi connectivity index (χ2v) is 9.77. The molecule has 0 saturated carbocycles. The molecule has 1 aliphatic heterocycles. The van der Waals surface area contributed by atoms with Crippen molar-refractivity contribution in [3.05, 3.63) is 81.4 Å². The van der Waals surface area contributed by atoms with Crippen LogP contribution < -0.4 is 9.64 Å². The number of aryl methyl sites for hydroxylation is 2. The first-order valence-corrected chi connectivity index (χ1v) is 12.1. The summed E-state index contributed by atoms with van der Waals surface area (Å²) in [7, 11) is 0. The largest absolute Gasteiger partial charge is 0.507 e. The zero-order valence-corrected chi connectivity index (χ0v) is 20.8. The molecule has 2 aromatic carbocycles. The molecule has 1 fully saturated rings. The van der Waals surface area contributed by atoms with E-state index < -0.39 is 17.7 Å². The van der Waals surface area contributed by atoms with Crippen molar-refractivity contribution in [3.63, 3.8) is 0 Å². The average molecular weight is 477 g/mol. The standard InChI is InChI=1S/C27H28N2O4S/c1-6-33-21-13-11-20(12-14-21)24(30)22-23(19-9-7-18(8-10-19)15(2)3)29(26(32)25(22)31)27-28-16(4)17(5)34-27/h7-15,23,30H,6H2,1-5H3/b24-22+/t23-/m0/s1. The van der Waals surface area contributed by atoms with Crippen molar-refractivity contribution < 1.29 is 19.4 Å². The Bertz CT molecular complexity index is 1240. The van der Waals surface area contributed by atoms with E-state index in [0.717, 1.165) is 21.7 Å². The second kappa shape index (κ2) is 9.43. The molecule has 0 aliphatic carbocycles. The quantitative estimate of drug-likeness (QED) is 0.272. The number of ether oxygens (including phenoxy) is 1. The van der Waals surface area contributed by atoms with Crippen LogP contribution in [0.4, 0.5) is 5.13 Å². The number of aromatic nitrogens is 1. The number of ketones is 1. The molecule has 0 unspecified atom stereocenters. The number of hydrogen-bond acceptors (Lipinski definition) is 6. The Morgan fingerprint density at radius 2 is 1.74 bits per heavy atom. The van der Waals surface area contributed by atoms with Gasteiger partial charge in [0.15, 0.2) is 5.13 Å². The molecule has 1 aliphatic rings. The van der Waals surface area contributed by atoms with Gasteiger partial charge in [0.05, 0.1) is 23.9 Å². The molecule has 4 rings (SSSR count). The number of amides is 1. The number of benzene rings is 2. The fraction of sp³-hybridized carbons (Fsp3) is 0.296. The van der Waals surface area contributed by atoms with E-state index in [1.54, 1.807) is 24.3 Å². The van der Waals surface area contributed by atoms with Crippen molar-refractivity contribution in [1.82, 2.24) is 4.98 Å². The number of hydrogen-bond donors (Lipinski definition) is 1. The predicted molar refractivity (Wildman–Crippen MR) is 135 cm³/mol. The van der Waals surface area contributed by atoms with Gasteiger partial charge in [0.25, 0.3) is 5.78 Å². The fourth-order valence-corrected chi connectivity index (χ4v) is 4.93. The van der Waals surface area contributed by atoms with E-state index in [4.69, 9.17) is 4.74 Å². The Kier molecular flexibility index (Phi) is 6.57. The van der Waals surface area contributed by atoms with E-state index >= 15 is 0 Å². The van der Waals surface area contributed by atoms with E-state index in [1.807, 2.05) is 45.0 Å². The maximum Gasteiger partial charge on any atom is 0.301 e. The zero-order chi connectivity index (χ0) is 24.6. The summed E-state index contributed by atoms with van der Waals surface area (Å²) in [5.74, 6) is -0.636. The SMILES string of the molecule is CCOc1ccc(/C(O)=C2\C(=O)C(=O)N(c3nc(C)c(C)s3)[C@H]2c2ccc(C(C)C)cc2)cc1. The van der Waals surface area contributed by atoms with Crippen LogP contribution in [0.2, 0.25) is 0 Å². The minimum Gasteiger partial charge on any atom is -0.507 e. The first kappa shape index (κ1) is 23.7. The number of carbonyl (C=O) groups is 2. The predicted octanol–water partition coefficient (Wildman–Crippen LogP) is 5.91. The molecule has 176 valence electrons. The molecule has 1 amide bonds. The molecule has 34 heavy (non-hydrogen) atoms. The summed E-state index contributed by atoms with van der Waals surface area (Å²) in [4.78, 5) is 33.4. The summed E-state index contributed by atoms with van der Waals surface area (Å²) in [6.07, 6.45) is 0. The number of rotatable bonds is 6. The fourth-order valence-electron chi connectivity index (χ4n) is 4.00. The van der Waals surface area contributed by atoms with Crippen LogP contribution in [0.3, 0.4) is 0 Å². The normalized spacial score (nSPS) is 17.6. The van der Waals surface area contributed by atoms with E-state index in [0.29, 0.717) is 29.0 Å². The number of carbonyl (C=O) groups excluding carboxylic acids is 2. The van der Waals surface area contributed by atoms with Crippen molar-refractivity contribution in [2.75, 3.05) is 11.5 Å². The van der Waals surface area contributed by atoms with Crippen molar-refractivity contribution in [1.29, 1.82) is 0 Å². The lowest BCUT2D eigenvalue weighted by atomic mass is 9.93. The highest BCUT2D eigenvalue weighted by molar-refractivity contribution is 7.16. The van der Waals surface area contributed by atoms with Gasteiger partial charge in [-0.15, -0.1) is 11.3 Å². The molecule has 0 bridgehead atoms. The lowest BCUT2D eigenvalue weighted by Gasteiger charge is -2.23. The van der Waals surface area contributed by atoms with Crippen molar-refractivity contribution in [3.8, 4) is 5.75 Å². The molecular weight excluding hydrogens is 448 g/mol. The van der Waals surface area contributed by atoms with Gasteiger partial charge in [0.2, 0.25) is 0 Å². The lowest BCUT2D eigenvalue weighted by Crippen LogP contribution is -2.29. The Morgan fingerprint density at radius 1 is 1.09 bits per heavy atom. The van der Waals surface area contributed by atoms with E-state index in [-0.39, 0.29) is 11.3 Å². The maximum atomic E-state index is 13.3. The molecule has 1 N–H and O–H groups in total. The van der Waals surface area contributed by atoms with Crippen molar-refractivity contribution in [2.45, 2.75) is 46.6 Å². The zero-order valence-electron chi connectivity index (χ0n) is 20.0. The smallest absolute Gasteiger partial charge is 0.301 e. The second-order valence-electron chi connectivity index (χ2n) is 8.59. The van der Waals surface area contributed by atoms with Crippen LogP contribution in [0, 0.1) is 13.8 Å². The highest BCUT2D eigenvalue weighted by Gasteiger charge is 2.48. The van der Waals surface area contributed by atoms with Gasteiger partial charge in [-0.2, -0.15) is 0 Å². The Balaban J connectivity index is 1.88. The van der Waals surface area contributed by atoms with Gasteiger partial charge in [0.1, 0.15) is 11.5 Å². The topological polar surface area (TPSA) is 79.7 Å². The van der Waals surface area contributed by atoms with Crippen LogP contribution in [0.5, 0.6) is 5.75 Å². The molecule has 7 heteroatoms. The number of aliphatic hydroxyl groups is 1. The molecule has 2 heterocycles. The van der Waals surface area contributed by atoms with E-state index in [2.05, 4.69) is 18.8 Å². The number of nitrogens with zero attached hydrogens (tertiary/aromatic N) is 2. The highest BCUT2D eigenvalue weighted by Crippen LogP contribution is 2.44. The Labute approximate surface area is 203 Å². The summed E-state index contributed by atoms with van der Waals surface area (Å²) >= 11 is 1.36. The monoisotopic (exact) mass is 476 g/mol. The van der Waals surface area contributed by atoms with E-state index in [1.165, 1.54) is 16.2 Å². The molecule has 6 nitrogen and oxygen atoms in total. The Morgan fingerprint density at radius 3 is 2.26 bits per heavy atom. The molecule has 1 aromatic heterocycles. The van der Waals surface area contributed by atoms with Gasteiger partial charge in [-0.05, 0) is 62.1 Å². The first-order chi connectivity index (χ1) is 16.2. The number of Topliss-reactive ketones (excluding diaryl/α,β-unsaturated/α-hetero) is 1. The van der Waals surface area contributed by atoms with E-state index in [9.17, 15) is 14.7 Å². The highest BCUT2D eigenvalue weighted by atomic mass is 32.1. The van der Waals surface area contributed by atoms with Crippen LogP contribution in [-0.2, 0) is 9.59 Å². The molecule has 1 saturated heterocycles. The lowest BCUT2D eigenvalue weighted by molar-refractivity contribution is -0.132. The maximum absolute atomic E-state index is 13.3. The molecule has 1 atom stereocenters. The minimum absolute atomic E-state index is 0.0527. The van der Waals surface area contributed by atoms with Crippen LogP contribution in [0.25, 0.3) is 5.76 Å². The third kappa shape index (κ3) is 4.23. The molecule has 0 spiro atoms. The third-order valence-corrected chi connectivity index (χ3v) is 7.10. The van der Waals surface area contributed by atoms with Crippen molar-refractivity contribution >= 4 is 33.9 Å². The van der Waals surface area contributed by atoms with Crippen molar-refractivity contribution in [2.24, 2.45) is 0 Å². The third-order valence-electron chi connectivity index (χ3n) is 6.03. The van der Waals surface area contributed by atoms with Crippen LogP contribution >= 0.6 is 11.3 Å². The van der Waals surface area contributed by atoms with Crippen LogP contribution in [0.15, 0.2) is 54.1 Å². The van der Waals surface area contributed by atoms with Gasteiger partial charge >= 0.3 is 5.91 Å². The van der Waals surface area contributed by atoms with Crippen LogP contribution in [-0.4, -0.2) is 28.4 Å². The molecule has 3 aromatic rings. The summed E-state index contributed by atoms with van der Waals surface area (Å²) in [6, 6.07) is 13.9. The Hall–Kier alpha value is -3.45. The summed E-state index contributed by atoms with van der Waals surface area (Å²) in [5.41, 5.74) is 3.19. The number of thiazole rings is 1. The number of anilines is 1. The first-order valence-electron chi connectivity index (χ1n) is 11.3. The minimum atomic E-state index is -0.780. The summed E-state index contributed by atoms with van der Waals surface area (Å²) in [6.45, 7) is 10.4. The van der Waals surface area contributed by atoms with Gasteiger partial charge < -0.3 is 9.84 Å². The van der Waals surface area contributed by atoms with Gasteiger partial charge in [-0.3, -0.25) is 14.5 Å². The average Bonchev–Trinajstić information content (AvgIpc) is 3.29. The summed E-state index contributed by atoms with van der Waals surface area (Å²) < 4.78 is 5.48. The molecular formula is C27H28N2O4S. The van der Waals surface area contributed by atoms with Crippen LogP contribution in [0.1, 0.15) is 60.0 Å². The van der Waals surface area contributed by atoms with Gasteiger partial charge in [-0.1, -0.05) is 38.1 Å². The van der Waals surface area contributed by atoms with Gasteiger partial charge in [0, 0.05) is 10.4 Å². The summed E-state index contributed by atoms with van der Waals surface area (Å²) in [5, 5.41) is 11.7. The number of aliphatic hydroxyl groups excluding tert-OH is 1. The van der Waals surface area contributed by atoms with Gasteiger partial charge in [-0.25, -0.2) is 4.98 Å². The molecule has 0 radical (unpaired) electrons.